The number of hydrogen-bond acceptors (Lipinski definition) is 8. The van der Waals surface area contributed by atoms with Crippen molar-refractivity contribution < 1.29 is 9.84 Å². The molecule has 2 unspecified atom stereocenters. The van der Waals surface area contributed by atoms with Gasteiger partial charge in [0.2, 0.25) is 11.8 Å². The highest BCUT2D eigenvalue weighted by molar-refractivity contribution is 5.92. The lowest BCUT2D eigenvalue weighted by atomic mass is 9.93. The molecule has 2 atom stereocenters. The van der Waals surface area contributed by atoms with Gasteiger partial charge in [-0.15, -0.1) is 6.42 Å². The molecule has 5 aliphatic rings. The van der Waals surface area contributed by atoms with Gasteiger partial charge in [0, 0.05) is 36.1 Å². The van der Waals surface area contributed by atoms with E-state index in [1.165, 1.54) is 32.1 Å². The van der Waals surface area contributed by atoms with E-state index in [0.717, 1.165) is 60.1 Å². The van der Waals surface area contributed by atoms with Crippen molar-refractivity contribution in [2.75, 3.05) is 37.7 Å². The first-order chi connectivity index (χ1) is 20.1. The number of piperidine rings is 2. The normalized spacial score (nSPS) is 23.3. The molecule has 9 heteroatoms. The van der Waals surface area contributed by atoms with E-state index in [1.54, 1.807) is 12.1 Å². The molecule has 2 aromatic carbocycles. The second-order valence-electron chi connectivity index (χ2n) is 12.2. The van der Waals surface area contributed by atoms with E-state index in [0.29, 0.717) is 42.6 Å². The first kappa shape index (κ1) is 24.9. The van der Waals surface area contributed by atoms with Crippen molar-refractivity contribution in [2.24, 2.45) is 0 Å². The molecule has 5 saturated heterocycles. The molecule has 41 heavy (non-hydrogen) atoms. The number of phenols is 1. The third-order valence-electron chi connectivity index (χ3n) is 9.85. The summed E-state index contributed by atoms with van der Waals surface area (Å²) in [5.74, 6) is 4.30. The first-order valence-electron chi connectivity index (χ1n) is 14.9. The fourth-order valence-corrected chi connectivity index (χ4v) is 7.80. The number of aromatic nitrogens is 4. The molecule has 210 valence electrons. The van der Waals surface area contributed by atoms with Crippen LogP contribution >= 0.6 is 0 Å². The fourth-order valence-electron chi connectivity index (χ4n) is 7.80. The Hall–Kier alpha value is -3.87. The topological polar surface area (TPSA) is 91.6 Å². The molecular weight excluding hydrogens is 514 g/mol. The third kappa shape index (κ3) is 4.12. The summed E-state index contributed by atoms with van der Waals surface area (Å²) in [7, 11) is 0. The van der Waals surface area contributed by atoms with Crippen LogP contribution < -0.4 is 15.0 Å². The predicted octanol–water partition coefficient (Wildman–Crippen LogP) is 3.66. The number of rotatable bonds is 6. The number of ether oxygens (including phenoxy) is 1. The summed E-state index contributed by atoms with van der Waals surface area (Å²) in [6.45, 7) is 5.24. The maximum atomic E-state index is 10.5. The zero-order chi connectivity index (χ0) is 27.6. The summed E-state index contributed by atoms with van der Waals surface area (Å²) in [6, 6.07) is 10.2. The van der Waals surface area contributed by atoms with Gasteiger partial charge in [-0.05, 0) is 80.8 Å². The highest BCUT2D eigenvalue weighted by Crippen LogP contribution is 2.40. The minimum absolute atomic E-state index is 0.111. The first-order valence-corrected chi connectivity index (χ1v) is 14.9. The number of terminal acetylenes is 1. The lowest BCUT2D eigenvalue weighted by Gasteiger charge is -2.45. The Bertz CT molecular complexity index is 1670. The molecule has 0 aliphatic carbocycles. The van der Waals surface area contributed by atoms with Crippen LogP contribution in [0.15, 0.2) is 36.7 Å². The molecule has 0 spiro atoms. The predicted molar refractivity (Wildman–Crippen MR) is 158 cm³/mol. The van der Waals surface area contributed by atoms with E-state index in [9.17, 15) is 5.11 Å². The number of anilines is 1. The highest BCUT2D eigenvalue weighted by atomic mass is 16.5. The number of piperazine rings is 1. The van der Waals surface area contributed by atoms with Gasteiger partial charge >= 0.3 is 0 Å². The number of aromatic hydroxyl groups is 1. The van der Waals surface area contributed by atoms with Crippen LogP contribution in [0.3, 0.4) is 0 Å². The molecule has 0 saturated carbocycles. The lowest BCUT2D eigenvalue weighted by molar-refractivity contribution is 0.111. The standard InChI is InChI=1S/C32H35N7O2/c1-2-21-6-3-7-22-14-26(40)15-23(27(21)22)17-37-20-34-28-29(37)35-31(39-18-24-8-9-25(39)16-33-24)36-30(28)41-19-32-10-4-12-38(32)13-5-11-32/h1,3,6-7,14-15,20,24-25,33,40H,4-5,8-13,16-19H2. The molecule has 5 fully saturated rings. The van der Waals surface area contributed by atoms with Crippen molar-refractivity contribution in [3.63, 3.8) is 0 Å². The largest absolute Gasteiger partial charge is 0.508 e. The van der Waals surface area contributed by atoms with Crippen LogP contribution in [-0.2, 0) is 6.54 Å². The van der Waals surface area contributed by atoms with Gasteiger partial charge in [0.15, 0.2) is 11.2 Å². The number of nitrogens with zero attached hydrogens (tertiary/aromatic N) is 6. The Balaban J connectivity index is 1.21. The average Bonchev–Trinajstić information content (AvgIpc) is 3.70. The summed E-state index contributed by atoms with van der Waals surface area (Å²) in [6.07, 6.45) is 14.8. The Labute approximate surface area is 239 Å². The average molecular weight is 550 g/mol. The summed E-state index contributed by atoms with van der Waals surface area (Å²) >= 11 is 0. The van der Waals surface area contributed by atoms with Crippen LogP contribution in [0.25, 0.3) is 21.9 Å². The molecule has 4 aromatic rings. The van der Waals surface area contributed by atoms with Crippen molar-refractivity contribution in [3.05, 3.63) is 47.8 Å². The van der Waals surface area contributed by atoms with Crippen molar-refractivity contribution in [2.45, 2.75) is 62.7 Å². The Morgan fingerprint density at radius 3 is 2.78 bits per heavy atom. The number of phenolic OH excluding ortho intramolecular Hbond substituents is 1. The highest BCUT2D eigenvalue weighted by Gasteiger charge is 2.45. The van der Waals surface area contributed by atoms with Crippen molar-refractivity contribution in [1.29, 1.82) is 0 Å². The molecule has 2 bridgehead atoms. The van der Waals surface area contributed by atoms with Crippen LogP contribution in [-0.4, -0.2) is 79.9 Å². The molecular formula is C32H35N7O2. The van der Waals surface area contributed by atoms with E-state index in [1.807, 2.05) is 29.1 Å². The number of nitrogens with one attached hydrogen (secondary N) is 1. The SMILES string of the molecule is C#Cc1cccc2cc(O)cc(Cn3cnc4c(OCC56CCCN5CCC6)nc(N5CC6CCC5CN6)nc43)c12. The second kappa shape index (κ2) is 9.61. The Morgan fingerprint density at radius 2 is 2.02 bits per heavy atom. The monoisotopic (exact) mass is 549 g/mol. The third-order valence-corrected chi connectivity index (χ3v) is 9.85. The van der Waals surface area contributed by atoms with E-state index >= 15 is 0 Å². The van der Waals surface area contributed by atoms with Crippen LogP contribution in [0.4, 0.5) is 5.95 Å². The van der Waals surface area contributed by atoms with Gasteiger partial charge < -0.3 is 24.6 Å². The smallest absolute Gasteiger partial charge is 0.247 e. The maximum absolute atomic E-state index is 10.5. The molecule has 9 nitrogen and oxygen atoms in total. The van der Waals surface area contributed by atoms with Gasteiger partial charge in [-0.1, -0.05) is 18.1 Å². The van der Waals surface area contributed by atoms with Crippen molar-refractivity contribution in [3.8, 4) is 24.0 Å². The van der Waals surface area contributed by atoms with Gasteiger partial charge in [0.05, 0.1) is 18.4 Å². The van der Waals surface area contributed by atoms with Gasteiger partial charge in [-0.25, -0.2) is 4.98 Å². The van der Waals surface area contributed by atoms with E-state index in [-0.39, 0.29) is 11.3 Å². The number of imidazole rings is 1. The summed E-state index contributed by atoms with van der Waals surface area (Å²) in [4.78, 5) is 19.9. The molecule has 5 aliphatic heterocycles. The van der Waals surface area contributed by atoms with Crippen molar-refractivity contribution >= 4 is 27.9 Å². The quantitative estimate of drug-likeness (QED) is 0.352. The molecule has 0 radical (unpaired) electrons. The summed E-state index contributed by atoms with van der Waals surface area (Å²) < 4.78 is 8.66. The van der Waals surface area contributed by atoms with Gasteiger partial charge in [0.1, 0.15) is 12.4 Å². The molecule has 7 heterocycles. The van der Waals surface area contributed by atoms with Crippen LogP contribution in [0.1, 0.15) is 49.7 Å². The molecule has 2 aromatic heterocycles. The zero-order valence-electron chi connectivity index (χ0n) is 23.2. The zero-order valence-corrected chi connectivity index (χ0v) is 23.2. The summed E-state index contributed by atoms with van der Waals surface area (Å²) in [5, 5.41) is 16.1. The minimum atomic E-state index is 0.111. The van der Waals surface area contributed by atoms with Gasteiger partial charge in [-0.3, -0.25) is 4.90 Å². The fraction of sp³-hybridized carbons (Fsp3) is 0.469. The number of hydrogen-bond donors (Lipinski definition) is 2. The Kier molecular flexibility index (Phi) is 5.83. The maximum Gasteiger partial charge on any atom is 0.247 e. The van der Waals surface area contributed by atoms with E-state index < -0.39 is 0 Å². The minimum Gasteiger partial charge on any atom is -0.508 e. The van der Waals surface area contributed by atoms with E-state index in [2.05, 4.69) is 21.0 Å². The number of benzene rings is 2. The molecule has 2 N–H and O–H groups in total. The van der Waals surface area contributed by atoms with Crippen LogP contribution in [0.2, 0.25) is 0 Å². The molecule has 9 rings (SSSR count). The molecule has 0 amide bonds. The Morgan fingerprint density at radius 1 is 1.15 bits per heavy atom. The second-order valence-corrected chi connectivity index (χ2v) is 12.2. The van der Waals surface area contributed by atoms with Crippen molar-refractivity contribution in [1.82, 2.24) is 29.7 Å². The number of fused-ring (bicyclic) bond motifs is 6. The van der Waals surface area contributed by atoms with Gasteiger partial charge in [-0.2, -0.15) is 9.97 Å². The van der Waals surface area contributed by atoms with Crippen LogP contribution in [0.5, 0.6) is 11.6 Å². The van der Waals surface area contributed by atoms with Gasteiger partial charge in [0.25, 0.3) is 0 Å². The van der Waals surface area contributed by atoms with E-state index in [4.69, 9.17) is 26.1 Å². The lowest BCUT2D eigenvalue weighted by Crippen LogP contribution is -2.61. The van der Waals surface area contributed by atoms with Crippen LogP contribution in [0, 0.1) is 12.3 Å². The summed E-state index contributed by atoms with van der Waals surface area (Å²) in [5.41, 5.74) is 3.24.